The second kappa shape index (κ2) is 8.05. The lowest BCUT2D eigenvalue weighted by Gasteiger charge is -2.07. The van der Waals surface area contributed by atoms with Crippen LogP contribution in [0.2, 0.25) is 5.02 Å². The predicted octanol–water partition coefficient (Wildman–Crippen LogP) is 4.79. The van der Waals surface area contributed by atoms with Crippen LogP contribution in [-0.4, -0.2) is 15.9 Å². The van der Waals surface area contributed by atoms with Crippen LogP contribution in [0.4, 0.5) is 5.69 Å². The average Bonchev–Trinajstić information content (AvgIpc) is 2.85. The summed E-state index contributed by atoms with van der Waals surface area (Å²) in [5.41, 5.74) is 2.74. The lowest BCUT2D eigenvalue weighted by atomic mass is 10.1. The normalized spacial score (nSPS) is 13.9. The number of hydrogen-bond acceptors (Lipinski definition) is 4. The molecule has 0 unspecified atom stereocenters. The van der Waals surface area contributed by atoms with Crippen molar-refractivity contribution in [1.29, 1.82) is 0 Å². The summed E-state index contributed by atoms with van der Waals surface area (Å²) in [6.07, 6.45) is 6.14. The number of amides is 1. The number of carbonyl (C=O) groups is 1. The minimum Gasteiger partial charge on any atom is -0.326 e. The molecule has 0 aliphatic heterocycles. The standard InChI is InChI=1S/C21H22ClN3O2S/c1-12-7-8-13(11-15(12)22)23-18(26)10-9-17-24-20(27)19-14-5-3-2-4-6-16(14)28-21(19)25-17/h7-8,11H,2-6,9-10H2,1H3,(H,23,26)(H,24,25,27). The lowest BCUT2D eigenvalue weighted by Crippen LogP contribution is -2.16. The van der Waals surface area contributed by atoms with Crippen LogP contribution in [0, 0.1) is 6.92 Å². The number of aromatic nitrogens is 2. The Balaban J connectivity index is 1.48. The lowest BCUT2D eigenvalue weighted by molar-refractivity contribution is -0.116. The third-order valence-corrected chi connectivity index (χ3v) is 6.76. The van der Waals surface area contributed by atoms with E-state index in [9.17, 15) is 9.59 Å². The molecule has 0 spiro atoms. The first-order valence-electron chi connectivity index (χ1n) is 9.60. The molecule has 1 aliphatic rings. The van der Waals surface area contributed by atoms with Crippen LogP contribution in [0.3, 0.4) is 0 Å². The summed E-state index contributed by atoms with van der Waals surface area (Å²) in [6.45, 7) is 1.91. The van der Waals surface area contributed by atoms with Crippen LogP contribution in [0.25, 0.3) is 10.2 Å². The van der Waals surface area contributed by atoms with Crippen molar-refractivity contribution >= 4 is 44.7 Å². The second-order valence-corrected chi connectivity index (χ2v) is 8.76. The largest absolute Gasteiger partial charge is 0.326 e. The van der Waals surface area contributed by atoms with Gasteiger partial charge in [0.05, 0.1) is 5.39 Å². The molecule has 1 amide bonds. The molecule has 0 fully saturated rings. The monoisotopic (exact) mass is 415 g/mol. The Kier molecular flexibility index (Phi) is 5.51. The molecule has 2 aromatic heterocycles. The maximum absolute atomic E-state index is 12.6. The number of H-pyrrole nitrogens is 1. The van der Waals surface area contributed by atoms with Crippen molar-refractivity contribution in [1.82, 2.24) is 9.97 Å². The predicted molar refractivity (Wildman–Crippen MR) is 115 cm³/mol. The molecule has 1 aromatic carbocycles. The molecule has 0 saturated heterocycles. The van der Waals surface area contributed by atoms with Crippen molar-refractivity contribution < 1.29 is 4.79 Å². The zero-order valence-corrected chi connectivity index (χ0v) is 17.3. The Bertz CT molecular complexity index is 1100. The summed E-state index contributed by atoms with van der Waals surface area (Å²) in [5.74, 6) is 0.427. The Labute approximate surface area is 172 Å². The molecular formula is C21H22ClN3O2S. The van der Waals surface area contributed by atoms with E-state index < -0.39 is 0 Å². The van der Waals surface area contributed by atoms with Crippen LogP contribution in [-0.2, 0) is 24.1 Å². The summed E-state index contributed by atoms with van der Waals surface area (Å²) in [6, 6.07) is 5.43. The second-order valence-electron chi connectivity index (χ2n) is 7.27. The van der Waals surface area contributed by atoms with Gasteiger partial charge in [-0.1, -0.05) is 24.1 Å². The number of fused-ring (bicyclic) bond motifs is 3. The fourth-order valence-electron chi connectivity index (χ4n) is 3.63. The molecule has 0 radical (unpaired) electrons. The van der Waals surface area contributed by atoms with Gasteiger partial charge in [0.1, 0.15) is 10.7 Å². The molecule has 0 bridgehead atoms. The number of carbonyl (C=O) groups excluding carboxylic acids is 1. The van der Waals surface area contributed by atoms with Gasteiger partial charge in [0, 0.05) is 28.4 Å². The topological polar surface area (TPSA) is 74.8 Å². The number of hydrogen-bond donors (Lipinski definition) is 2. The molecule has 2 heterocycles. The molecule has 4 rings (SSSR count). The number of nitrogens with one attached hydrogen (secondary N) is 2. The highest BCUT2D eigenvalue weighted by atomic mass is 35.5. The van der Waals surface area contributed by atoms with Gasteiger partial charge in [-0.15, -0.1) is 11.3 Å². The summed E-state index contributed by atoms with van der Waals surface area (Å²) < 4.78 is 0. The SMILES string of the molecule is Cc1ccc(NC(=O)CCc2nc3sc4c(c3c(=O)[nH]2)CCCCC4)cc1Cl. The van der Waals surface area contributed by atoms with E-state index in [-0.39, 0.29) is 17.9 Å². The van der Waals surface area contributed by atoms with Crippen LogP contribution in [0.1, 0.15) is 47.5 Å². The molecule has 2 N–H and O–H groups in total. The van der Waals surface area contributed by atoms with Crippen molar-refractivity contribution in [3.05, 3.63) is 55.4 Å². The smallest absolute Gasteiger partial charge is 0.259 e. The van der Waals surface area contributed by atoms with Crippen molar-refractivity contribution in [2.45, 2.75) is 51.9 Å². The van der Waals surface area contributed by atoms with E-state index in [1.165, 1.54) is 23.3 Å². The van der Waals surface area contributed by atoms with Gasteiger partial charge in [-0.25, -0.2) is 4.98 Å². The number of rotatable bonds is 4. The number of benzene rings is 1. The highest BCUT2D eigenvalue weighted by Crippen LogP contribution is 2.32. The third kappa shape index (κ3) is 3.98. The number of anilines is 1. The summed E-state index contributed by atoms with van der Waals surface area (Å²) in [5, 5.41) is 4.21. The molecule has 0 atom stereocenters. The van der Waals surface area contributed by atoms with Gasteiger partial charge in [0.25, 0.3) is 5.56 Å². The van der Waals surface area contributed by atoms with Gasteiger partial charge in [-0.2, -0.15) is 0 Å². The third-order valence-electron chi connectivity index (χ3n) is 5.17. The first kappa shape index (κ1) is 19.2. The average molecular weight is 416 g/mol. The Morgan fingerprint density at radius 2 is 2.11 bits per heavy atom. The maximum atomic E-state index is 12.6. The molecule has 5 nitrogen and oxygen atoms in total. The number of nitrogens with zero attached hydrogens (tertiary/aromatic N) is 1. The Morgan fingerprint density at radius 3 is 2.93 bits per heavy atom. The number of aryl methyl sites for hydroxylation is 4. The molecule has 0 saturated carbocycles. The fourth-order valence-corrected chi connectivity index (χ4v) is 5.09. The number of thiophene rings is 1. The highest BCUT2D eigenvalue weighted by molar-refractivity contribution is 7.18. The zero-order chi connectivity index (χ0) is 19.7. The van der Waals surface area contributed by atoms with Crippen molar-refractivity contribution in [2.75, 3.05) is 5.32 Å². The quantitative estimate of drug-likeness (QED) is 0.602. The molecule has 1 aliphatic carbocycles. The van der Waals surface area contributed by atoms with E-state index in [1.807, 2.05) is 19.1 Å². The summed E-state index contributed by atoms with van der Waals surface area (Å²) >= 11 is 7.73. The van der Waals surface area contributed by atoms with Gasteiger partial charge in [-0.3, -0.25) is 9.59 Å². The van der Waals surface area contributed by atoms with Crippen molar-refractivity contribution in [3.63, 3.8) is 0 Å². The molecule has 3 aromatic rings. The van der Waals surface area contributed by atoms with E-state index in [2.05, 4.69) is 15.3 Å². The van der Waals surface area contributed by atoms with E-state index in [0.717, 1.165) is 35.0 Å². The maximum Gasteiger partial charge on any atom is 0.259 e. The Morgan fingerprint density at radius 1 is 1.29 bits per heavy atom. The van der Waals surface area contributed by atoms with E-state index >= 15 is 0 Å². The highest BCUT2D eigenvalue weighted by Gasteiger charge is 2.19. The van der Waals surface area contributed by atoms with Gasteiger partial charge in [0.15, 0.2) is 0 Å². The summed E-state index contributed by atoms with van der Waals surface area (Å²) in [4.78, 5) is 34.5. The molecule has 146 valence electrons. The van der Waals surface area contributed by atoms with Crippen LogP contribution >= 0.6 is 22.9 Å². The van der Waals surface area contributed by atoms with E-state index in [4.69, 9.17) is 11.6 Å². The Hall–Kier alpha value is -2.18. The van der Waals surface area contributed by atoms with Crippen LogP contribution in [0.15, 0.2) is 23.0 Å². The minimum absolute atomic E-state index is 0.0786. The number of halogens is 1. The van der Waals surface area contributed by atoms with Gasteiger partial charge >= 0.3 is 0 Å². The minimum atomic E-state index is -0.135. The molecular weight excluding hydrogens is 394 g/mol. The van der Waals surface area contributed by atoms with E-state index in [1.54, 1.807) is 17.4 Å². The molecule has 7 heteroatoms. The van der Waals surface area contributed by atoms with Crippen LogP contribution in [0.5, 0.6) is 0 Å². The fraction of sp³-hybridized carbons (Fsp3) is 0.381. The van der Waals surface area contributed by atoms with Crippen molar-refractivity contribution in [3.8, 4) is 0 Å². The first-order valence-corrected chi connectivity index (χ1v) is 10.8. The van der Waals surface area contributed by atoms with Crippen molar-refractivity contribution in [2.24, 2.45) is 0 Å². The van der Waals surface area contributed by atoms with E-state index in [0.29, 0.717) is 23.0 Å². The van der Waals surface area contributed by atoms with Crippen LogP contribution < -0.4 is 10.9 Å². The van der Waals surface area contributed by atoms with Gasteiger partial charge in [0.2, 0.25) is 5.91 Å². The summed E-state index contributed by atoms with van der Waals surface area (Å²) in [7, 11) is 0. The number of aromatic amines is 1. The zero-order valence-electron chi connectivity index (χ0n) is 15.7. The van der Waals surface area contributed by atoms with Gasteiger partial charge < -0.3 is 10.3 Å². The molecule has 28 heavy (non-hydrogen) atoms. The first-order chi connectivity index (χ1) is 13.5. The van der Waals surface area contributed by atoms with Gasteiger partial charge in [-0.05, 0) is 55.9 Å².